The van der Waals surface area contributed by atoms with Crippen molar-refractivity contribution in [1.82, 2.24) is 5.32 Å². The Bertz CT molecular complexity index is 850. The van der Waals surface area contributed by atoms with E-state index in [1.54, 1.807) is 24.3 Å². The maximum absolute atomic E-state index is 13.2. The monoisotopic (exact) mass is 379 g/mol. The first-order valence-electron chi connectivity index (χ1n) is 7.09. The molecule has 0 saturated heterocycles. The van der Waals surface area contributed by atoms with E-state index in [0.29, 0.717) is 10.6 Å². The lowest BCUT2D eigenvalue weighted by Gasteiger charge is -2.18. The fraction of sp³-hybridized carbons (Fsp3) is 0.0556. The van der Waals surface area contributed by atoms with Gasteiger partial charge >= 0.3 is 0 Å². The van der Waals surface area contributed by atoms with Crippen LogP contribution >= 0.6 is 34.5 Å². The highest BCUT2D eigenvalue weighted by atomic mass is 35.5. The van der Waals surface area contributed by atoms with Gasteiger partial charge in [-0.2, -0.15) is 0 Å². The second-order valence-corrected chi connectivity index (χ2v) is 6.92. The number of benzene rings is 2. The molecule has 122 valence electrons. The molecule has 1 aromatic heterocycles. The molecule has 0 aliphatic rings. The Morgan fingerprint density at radius 1 is 1.08 bits per heavy atom. The third-order valence-electron chi connectivity index (χ3n) is 3.48. The van der Waals surface area contributed by atoms with Crippen LogP contribution in [0.25, 0.3) is 0 Å². The van der Waals surface area contributed by atoms with E-state index in [1.165, 1.54) is 29.5 Å². The van der Waals surface area contributed by atoms with Crippen molar-refractivity contribution in [3.05, 3.63) is 91.8 Å². The normalized spacial score (nSPS) is 12.0. The van der Waals surface area contributed by atoms with Crippen LogP contribution in [0.1, 0.15) is 26.8 Å². The highest BCUT2D eigenvalue weighted by molar-refractivity contribution is 7.10. The van der Waals surface area contributed by atoms with Gasteiger partial charge in [0.25, 0.3) is 5.91 Å². The van der Waals surface area contributed by atoms with Crippen molar-refractivity contribution in [1.29, 1.82) is 0 Å². The van der Waals surface area contributed by atoms with Crippen LogP contribution in [0.3, 0.4) is 0 Å². The van der Waals surface area contributed by atoms with Crippen LogP contribution in [-0.4, -0.2) is 5.91 Å². The minimum Gasteiger partial charge on any atom is -0.340 e. The van der Waals surface area contributed by atoms with Gasteiger partial charge in [0.1, 0.15) is 5.82 Å². The summed E-state index contributed by atoms with van der Waals surface area (Å²) in [5.41, 5.74) is 1.13. The SMILES string of the molecule is O=C(NC(c1ccc(F)cc1)c1cccs1)c1ccc(Cl)cc1Cl. The number of thiophene rings is 1. The number of hydrogen-bond donors (Lipinski definition) is 1. The van der Waals surface area contributed by atoms with Gasteiger partial charge < -0.3 is 5.32 Å². The number of hydrogen-bond acceptors (Lipinski definition) is 2. The molecule has 1 heterocycles. The standard InChI is InChI=1S/C18H12Cl2FNOS/c19-12-5-8-14(15(20)10-12)18(23)22-17(16-2-1-9-24-16)11-3-6-13(21)7-4-11/h1-10,17H,(H,22,23). The summed E-state index contributed by atoms with van der Waals surface area (Å²) >= 11 is 13.5. The maximum Gasteiger partial charge on any atom is 0.253 e. The molecule has 1 atom stereocenters. The van der Waals surface area contributed by atoms with Crippen LogP contribution in [0, 0.1) is 5.82 Å². The van der Waals surface area contributed by atoms with E-state index in [-0.39, 0.29) is 22.8 Å². The summed E-state index contributed by atoms with van der Waals surface area (Å²) in [6.07, 6.45) is 0. The van der Waals surface area contributed by atoms with Gasteiger partial charge in [-0.15, -0.1) is 11.3 Å². The summed E-state index contributed by atoms with van der Waals surface area (Å²) in [5, 5.41) is 5.62. The lowest BCUT2D eigenvalue weighted by Crippen LogP contribution is -2.29. The van der Waals surface area contributed by atoms with Crippen molar-refractivity contribution in [3.8, 4) is 0 Å². The smallest absolute Gasteiger partial charge is 0.253 e. The van der Waals surface area contributed by atoms with E-state index >= 15 is 0 Å². The molecule has 1 N–H and O–H groups in total. The van der Waals surface area contributed by atoms with Crippen molar-refractivity contribution in [3.63, 3.8) is 0 Å². The van der Waals surface area contributed by atoms with Gasteiger partial charge in [0, 0.05) is 9.90 Å². The van der Waals surface area contributed by atoms with Gasteiger partial charge in [-0.3, -0.25) is 4.79 Å². The summed E-state index contributed by atoms with van der Waals surface area (Å²) in [6.45, 7) is 0. The van der Waals surface area contributed by atoms with Gasteiger partial charge in [-0.05, 0) is 47.3 Å². The minimum absolute atomic E-state index is 0.282. The Balaban J connectivity index is 1.92. The molecule has 0 radical (unpaired) electrons. The van der Waals surface area contributed by atoms with Crippen molar-refractivity contribution in [2.45, 2.75) is 6.04 Å². The molecule has 0 bridgehead atoms. The quantitative estimate of drug-likeness (QED) is 0.617. The second kappa shape index (κ2) is 7.34. The van der Waals surface area contributed by atoms with E-state index in [1.807, 2.05) is 17.5 Å². The first-order valence-corrected chi connectivity index (χ1v) is 8.73. The Morgan fingerprint density at radius 2 is 1.83 bits per heavy atom. The van der Waals surface area contributed by atoms with Gasteiger partial charge in [0.2, 0.25) is 0 Å². The molecule has 1 unspecified atom stereocenters. The first kappa shape index (κ1) is 17.0. The molecule has 0 spiro atoms. The molecular formula is C18H12Cl2FNOS. The van der Waals surface area contributed by atoms with Crippen LogP contribution < -0.4 is 5.32 Å². The third kappa shape index (κ3) is 3.78. The zero-order valence-corrected chi connectivity index (χ0v) is 14.6. The average molecular weight is 380 g/mol. The van der Waals surface area contributed by atoms with Gasteiger partial charge in [-0.25, -0.2) is 4.39 Å². The minimum atomic E-state index is -0.384. The molecular weight excluding hydrogens is 368 g/mol. The summed E-state index contributed by atoms with van der Waals surface area (Å²) in [7, 11) is 0. The molecule has 0 fully saturated rings. The van der Waals surface area contributed by atoms with Crippen LogP contribution in [0.15, 0.2) is 60.0 Å². The molecule has 2 aromatic carbocycles. The highest BCUT2D eigenvalue weighted by Gasteiger charge is 2.20. The molecule has 0 saturated carbocycles. The topological polar surface area (TPSA) is 29.1 Å². The zero-order valence-electron chi connectivity index (χ0n) is 12.3. The fourth-order valence-corrected chi connectivity index (χ4v) is 3.61. The first-order chi connectivity index (χ1) is 11.5. The molecule has 24 heavy (non-hydrogen) atoms. The van der Waals surface area contributed by atoms with E-state index < -0.39 is 0 Å². The summed E-state index contributed by atoms with van der Waals surface area (Å²) < 4.78 is 13.2. The number of carbonyl (C=O) groups is 1. The van der Waals surface area contributed by atoms with Gasteiger partial charge in [0.05, 0.1) is 16.6 Å². The fourth-order valence-electron chi connectivity index (χ4n) is 2.31. The van der Waals surface area contributed by atoms with E-state index in [0.717, 1.165) is 10.4 Å². The number of halogens is 3. The van der Waals surface area contributed by atoms with Crippen molar-refractivity contribution < 1.29 is 9.18 Å². The molecule has 3 rings (SSSR count). The lowest BCUT2D eigenvalue weighted by atomic mass is 10.0. The number of carbonyl (C=O) groups excluding carboxylic acids is 1. The van der Waals surface area contributed by atoms with Crippen LogP contribution in [-0.2, 0) is 0 Å². The second-order valence-electron chi connectivity index (χ2n) is 5.10. The van der Waals surface area contributed by atoms with Crippen LogP contribution in [0.2, 0.25) is 10.0 Å². The number of nitrogens with one attached hydrogen (secondary N) is 1. The van der Waals surface area contributed by atoms with Crippen molar-refractivity contribution in [2.24, 2.45) is 0 Å². The summed E-state index contributed by atoms with van der Waals surface area (Å²) in [5.74, 6) is -0.643. The number of amides is 1. The third-order valence-corrected chi connectivity index (χ3v) is 4.97. The van der Waals surface area contributed by atoms with E-state index in [4.69, 9.17) is 23.2 Å². The van der Waals surface area contributed by atoms with E-state index in [9.17, 15) is 9.18 Å². The average Bonchev–Trinajstić information content (AvgIpc) is 3.07. The summed E-state index contributed by atoms with van der Waals surface area (Å²) in [4.78, 5) is 13.6. The summed E-state index contributed by atoms with van der Waals surface area (Å²) in [6, 6.07) is 14.2. The predicted octanol–water partition coefficient (Wildman–Crippen LogP) is 5.71. The molecule has 0 aliphatic heterocycles. The lowest BCUT2D eigenvalue weighted by molar-refractivity contribution is 0.0943. The Kier molecular flexibility index (Phi) is 5.19. The van der Waals surface area contributed by atoms with Gasteiger partial charge in [0.15, 0.2) is 0 Å². The Morgan fingerprint density at radius 3 is 2.46 bits per heavy atom. The molecule has 1 amide bonds. The largest absolute Gasteiger partial charge is 0.340 e. The van der Waals surface area contributed by atoms with E-state index in [2.05, 4.69) is 5.32 Å². The molecule has 0 aliphatic carbocycles. The molecule has 3 aromatic rings. The molecule has 6 heteroatoms. The predicted molar refractivity (Wildman–Crippen MR) is 96.5 cm³/mol. The van der Waals surface area contributed by atoms with Crippen molar-refractivity contribution >= 4 is 40.4 Å². The number of rotatable bonds is 4. The maximum atomic E-state index is 13.2. The highest BCUT2D eigenvalue weighted by Crippen LogP contribution is 2.28. The van der Waals surface area contributed by atoms with Crippen molar-refractivity contribution in [2.75, 3.05) is 0 Å². The zero-order chi connectivity index (χ0) is 17.1. The molecule has 2 nitrogen and oxygen atoms in total. The van der Waals surface area contributed by atoms with Crippen LogP contribution in [0.4, 0.5) is 4.39 Å². The van der Waals surface area contributed by atoms with Crippen LogP contribution in [0.5, 0.6) is 0 Å². The van der Waals surface area contributed by atoms with Gasteiger partial charge in [-0.1, -0.05) is 41.4 Å². The Hall–Kier alpha value is -1.88. The Labute approximate surface area is 152 Å².